The lowest BCUT2D eigenvalue weighted by atomic mass is 10.2. The summed E-state index contributed by atoms with van der Waals surface area (Å²) in [5.41, 5.74) is 1.38. The van der Waals surface area contributed by atoms with E-state index in [-0.39, 0.29) is 25.6 Å². The fourth-order valence-corrected chi connectivity index (χ4v) is 3.54. The topological polar surface area (TPSA) is 79.4 Å². The molecule has 0 heterocycles. The standard InChI is InChI=1S/C29H33N3O5/c1-29(2,3)37-31(22-33)19-28(35)32(20-27(34)30(4)24-15-9-6-10-16-24)25-17-11-12-18-26(25)36-21-23-13-7-5-8-14-23/h5-18,22H,19-21H2,1-4H3. The number of nitrogens with zero attached hydrogens (tertiary/aromatic N) is 3. The highest BCUT2D eigenvalue weighted by atomic mass is 16.7. The molecule has 0 aliphatic rings. The van der Waals surface area contributed by atoms with Gasteiger partial charge >= 0.3 is 0 Å². The van der Waals surface area contributed by atoms with Crippen LogP contribution in [0, 0.1) is 0 Å². The maximum absolute atomic E-state index is 13.5. The molecule has 0 saturated heterocycles. The number of amides is 3. The van der Waals surface area contributed by atoms with Gasteiger partial charge < -0.3 is 9.64 Å². The van der Waals surface area contributed by atoms with Gasteiger partial charge in [-0.25, -0.2) is 5.06 Å². The molecule has 3 rings (SSSR count). The number of carbonyl (C=O) groups excluding carboxylic acids is 3. The Morgan fingerprint density at radius 3 is 2.03 bits per heavy atom. The molecular weight excluding hydrogens is 470 g/mol. The lowest BCUT2D eigenvalue weighted by Gasteiger charge is -2.30. The molecule has 3 aromatic rings. The monoisotopic (exact) mass is 503 g/mol. The maximum atomic E-state index is 13.5. The number of hydrogen-bond donors (Lipinski definition) is 0. The average molecular weight is 504 g/mol. The van der Waals surface area contributed by atoms with Crippen molar-refractivity contribution in [3.05, 3.63) is 90.5 Å². The summed E-state index contributed by atoms with van der Waals surface area (Å²) in [6, 6.07) is 25.8. The van der Waals surface area contributed by atoms with E-state index < -0.39 is 11.5 Å². The van der Waals surface area contributed by atoms with Crippen molar-refractivity contribution in [2.24, 2.45) is 0 Å². The Morgan fingerprint density at radius 2 is 1.41 bits per heavy atom. The molecule has 0 unspecified atom stereocenters. The Labute approximate surface area is 218 Å². The number of benzene rings is 3. The van der Waals surface area contributed by atoms with Crippen molar-refractivity contribution in [3.8, 4) is 5.75 Å². The SMILES string of the molecule is CN(C(=O)CN(C(=O)CN(C=O)OC(C)(C)C)c1ccccc1OCc1ccccc1)c1ccccc1. The largest absolute Gasteiger partial charge is 0.487 e. The second-order valence-corrected chi connectivity index (χ2v) is 9.39. The molecule has 194 valence electrons. The van der Waals surface area contributed by atoms with Gasteiger partial charge in [-0.1, -0.05) is 60.7 Å². The van der Waals surface area contributed by atoms with Crippen LogP contribution < -0.4 is 14.5 Å². The van der Waals surface area contributed by atoms with Crippen molar-refractivity contribution in [1.29, 1.82) is 0 Å². The third kappa shape index (κ3) is 8.18. The van der Waals surface area contributed by atoms with E-state index in [9.17, 15) is 14.4 Å². The van der Waals surface area contributed by atoms with E-state index in [0.717, 1.165) is 10.6 Å². The second-order valence-electron chi connectivity index (χ2n) is 9.39. The fourth-order valence-electron chi connectivity index (χ4n) is 3.54. The van der Waals surface area contributed by atoms with Gasteiger partial charge in [0.2, 0.25) is 18.2 Å². The van der Waals surface area contributed by atoms with Crippen LogP contribution in [0.2, 0.25) is 0 Å². The van der Waals surface area contributed by atoms with Gasteiger partial charge in [0.25, 0.3) is 0 Å². The molecule has 0 bridgehead atoms. The van der Waals surface area contributed by atoms with Gasteiger partial charge in [-0.3, -0.25) is 24.1 Å². The van der Waals surface area contributed by atoms with Crippen LogP contribution in [0.25, 0.3) is 0 Å². The average Bonchev–Trinajstić information content (AvgIpc) is 2.90. The number of ether oxygens (including phenoxy) is 1. The van der Waals surface area contributed by atoms with E-state index in [1.54, 1.807) is 52.1 Å². The summed E-state index contributed by atoms with van der Waals surface area (Å²) >= 11 is 0. The summed E-state index contributed by atoms with van der Waals surface area (Å²) < 4.78 is 6.06. The zero-order chi connectivity index (χ0) is 26.8. The van der Waals surface area contributed by atoms with Crippen LogP contribution in [0.4, 0.5) is 11.4 Å². The first-order chi connectivity index (χ1) is 17.7. The summed E-state index contributed by atoms with van der Waals surface area (Å²) in [5, 5.41) is 0.939. The lowest BCUT2D eigenvalue weighted by molar-refractivity contribution is -0.215. The molecule has 0 N–H and O–H groups in total. The van der Waals surface area contributed by atoms with E-state index in [4.69, 9.17) is 9.57 Å². The summed E-state index contributed by atoms with van der Waals surface area (Å²) in [6.07, 6.45) is 0.455. The maximum Gasteiger partial charge on any atom is 0.249 e. The van der Waals surface area contributed by atoms with E-state index in [2.05, 4.69) is 0 Å². The molecule has 37 heavy (non-hydrogen) atoms. The van der Waals surface area contributed by atoms with Crippen molar-refractivity contribution in [2.45, 2.75) is 33.0 Å². The predicted octanol–water partition coefficient (Wildman–Crippen LogP) is 4.45. The van der Waals surface area contributed by atoms with Crippen molar-refractivity contribution >= 4 is 29.6 Å². The van der Waals surface area contributed by atoms with E-state index in [1.165, 1.54) is 9.80 Å². The summed E-state index contributed by atoms with van der Waals surface area (Å²) in [6.45, 7) is 4.96. The number of rotatable bonds is 11. The van der Waals surface area contributed by atoms with E-state index in [1.807, 2.05) is 60.7 Å². The molecule has 8 heteroatoms. The minimum Gasteiger partial charge on any atom is -0.487 e. The van der Waals surface area contributed by atoms with Crippen LogP contribution >= 0.6 is 0 Å². The minimum absolute atomic E-state index is 0.266. The summed E-state index contributed by atoms with van der Waals surface area (Å²) in [5.74, 6) is -0.377. The Bertz CT molecular complexity index is 1180. The zero-order valence-corrected chi connectivity index (χ0v) is 21.7. The van der Waals surface area contributed by atoms with Crippen LogP contribution in [-0.2, 0) is 25.8 Å². The molecule has 3 amide bonds. The molecule has 3 aromatic carbocycles. The van der Waals surface area contributed by atoms with Crippen molar-refractivity contribution in [3.63, 3.8) is 0 Å². The van der Waals surface area contributed by atoms with Gasteiger partial charge in [-0.05, 0) is 50.6 Å². The fraction of sp³-hybridized carbons (Fsp3) is 0.276. The van der Waals surface area contributed by atoms with Gasteiger partial charge in [0.15, 0.2) is 0 Å². The highest BCUT2D eigenvalue weighted by Crippen LogP contribution is 2.29. The molecule has 0 fully saturated rings. The van der Waals surface area contributed by atoms with E-state index >= 15 is 0 Å². The Morgan fingerprint density at radius 1 is 0.811 bits per heavy atom. The van der Waals surface area contributed by atoms with Gasteiger partial charge in [-0.2, -0.15) is 0 Å². The summed E-state index contributed by atoms with van der Waals surface area (Å²) in [4.78, 5) is 46.9. The van der Waals surface area contributed by atoms with Crippen LogP contribution in [0.5, 0.6) is 5.75 Å². The number of hydrogen-bond acceptors (Lipinski definition) is 5. The highest BCUT2D eigenvalue weighted by Gasteiger charge is 2.27. The molecular formula is C29H33N3O5. The molecule has 0 radical (unpaired) electrons. The van der Waals surface area contributed by atoms with Crippen LogP contribution in [0.1, 0.15) is 26.3 Å². The molecule has 0 aliphatic heterocycles. The van der Waals surface area contributed by atoms with Gasteiger partial charge in [0.1, 0.15) is 25.4 Å². The Balaban J connectivity index is 1.89. The smallest absolute Gasteiger partial charge is 0.249 e. The van der Waals surface area contributed by atoms with Gasteiger partial charge in [0, 0.05) is 12.7 Å². The predicted molar refractivity (Wildman–Crippen MR) is 143 cm³/mol. The van der Waals surface area contributed by atoms with Gasteiger partial charge in [0.05, 0.1) is 11.3 Å². The highest BCUT2D eigenvalue weighted by molar-refractivity contribution is 6.05. The number of hydroxylamine groups is 2. The summed E-state index contributed by atoms with van der Waals surface area (Å²) in [7, 11) is 1.65. The quantitative estimate of drug-likeness (QED) is 0.285. The van der Waals surface area contributed by atoms with Crippen LogP contribution in [0.15, 0.2) is 84.9 Å². The number of carbonyl (C=O) groups is 3. The molecule has 0 spiro atoms. The normalized spacial score (nSPS) is 10.9. The number of likely N-dealkylation sites (N-methyl/N-ethyl adjacent to an activating group) is 1. The molecule has 0 atom stereocenters. The molecule has 8 nitrogen and oxygen atoms in total. The van der Waals surface area contributed by atoms with Crippen molar-refractivity contribution < 1.29 is 24.0 Å². The first-order valence-corrected chi connectivity index (χ1v) is 12.0. The molecule has 0 saturated carbocycles. The molecule has 0 aromatic heterocycles. The third-order valence-corrected chi connectivity index (χ3v) is 5.31. The van der Waals surface area contributed by atoms with Gasteiger partial charge in [-0.15, -0.1) is 0 Å². The van der Waals surface area contributed by atoms with Crippen molar-refractivity contribution in [2.75, 3.05) is 29.9 Å². The van der Waals surface area contributed by atoms with Crippen LogP contribution in [0.3, 0.4) is 0 Å². The third-order valence-electron chi connectivity index (χ3n) is 5.31. The van der Waals surface area contributed by atoms with Crippen LogP contribution in [-0.4, -0.2) is 49.0 Å². The molecule has 0 aliphatic carbocycles. The minimum atomic E-state index is -0.688. The first-order valence-electron chi connectivity index (χ1n) is 12.0. The van der Waals surface area contributed by atoms with E-state index in [0.29, 0.717) is 23.5 Å². The van der Waals surface area contributed by atoms with Crippen molar-refractivity contribution in [1.82, 2.24) is 5.06 Å². The number of para-hydroxylation sites is 3. The first kappa shape index (κ1) is 27.4. The Hall–Kier alpha value is -4.17. The second kappa shape index (κ2) is 12.7. The lowest BCUT2D eigenvalue weighted by Crippen LogP contribution is -2.47. The zero-order valence-electron chi connectivity index (χ0n) is 21.7. The Kier molecular flexibility index (Phi) is 9.40. The number of anilines is 2.